The van der Waals surface area contributed by atoms with Crippen LogP contribution in [0.2, 0.25) is 0 Å². The number of carboxylic acids is 1. The molecule has 7 heteroatoms. The van der Waals surface area contributed by atoms with E-state index in [1.165, 1.54) is 12.4 Å². The molecule has 1 aromatic rings. The lowest BCUT2D eigenvalue weighted by molar-refractivity contribution is -0.142. The number of nitrogens with zero attached hydrogens (tertiary/aromatic N) is 2. The highest BCUT2D eigenvalue weighted by molar-refractivity contribution is 5.96. The minimum Gasteiger partial charge on any atom is -0.481 e. The molecule has 1 amide bonds. The predicted octanol–water partition coefficient (Wildman–Crippen LogP) is 0.535. The van der Waals surface area contributed by atoms with Gasteiger partial charge in [0.1, 0.15) is 0 Å². The highest BCUT2D eigenvalue weighted by Crippen LogP contribution is 2.11. The Morgan fingerprint density at radius 2 is 2.00 bits per heavy atom. The Balaban J connectivity index is 2.62. The molecule has 104 valence electrons. The van der Waals surface area contributed by atoms with Crippen LogP contribution in [0.4, 0.5) is 5.82 Å². The van der Waals surface area contributed by atoms with E-state index in [0.29, 0.717) is 6.42 Å². The number of hydrogen-bond acceptors (Lipinski definition) is 5. The first-order valence-corrected chi connectivity index (χ1v) is 5.99. The van der Waals surface area contributed by atoms with E-state index in [2.05, 4.69) is 15.3 Å². The second-order valence-electron chi connectivity index (χ2n) is 4.66. The second kappa shape index (κ2) is 6.67. The van der Waals surface area contributed by atoms with Crippen molar-refractivity contribution in [2.75, 3.05) is 12.3 Å². The Kier molecular flexibility index (Phi) is 5.23. The van der Waals surface area contributed by atoms with Gasteiger partial charge in [-0.25, -0.2) is 9.97 Å². The fraction of sp³-hybridized carbons (Fsp3) is 0.500. The molecule has 0 saturated heterocycles. The molecule has 7 nitrogen and oxygen atoms in total. The lowest BCUT2D eigenvalue weighted by Crippen LogP contribution is -2.34. The monoisotopic (exact) mass is 266 g/mol. The van der Waals surface area contributed by atoms with Crippen LogP contribution in [0.3, 0.4) is 0 Å². The summed E-state index contributed by atoms with van der Waals surface area (Å²) < 4.78 is 0. The Morgan fingerprint density at radius 3 is 2.53 bits per heavy atom. The molecule has 0 bridgehead atoms. The van der Waals surface area contributed by atoms with E-state index in [1.807, 2.05) is 13.8 Å². The standard InChI is InChI=1S/C12H18N4O3/c1-7(2)5-8(12(18)19)6-16-11(17)9-10(13)15-4-3-14-9/h3-4,7-8H,5-6H2,1-2H3,(H2,13,15)(H,16,17)(H,18,19). The Labute approximate surface area is 111 Å². The summed E-state index contributed by atoms with van der Waals surface area (Å²) in [6, 6.07) is 0. The molecule has 1 aromatic heterocycles. The van der Waals surface area contributed by atoms with Crippen molar-refractivity contribution in [1.29, 1.82) is 0 Å². The van der Waals surface area contributed by atoms with Gasteiger partial charge in [-0.15, -0.1) is 0 Å². The zero-order valence-corrected chi connectivity index (χ0v) is 11.0. The molecule has 0 fully saturated rings. The number of nitrogen functional groups attached to an aromatic ring is 1. The topological polar surface area (TPSA) is 118 Å². The number of rotatable bonds is 6. The van der Waals surface area contributed by atoms with Crippen molar-refractivity contribution in [2.24, 2.45) is 11.8 Å². The fourth-order valence-electron chi connectivity index (χ4n) is 1.66. The van der Waals surface area contributed by atoms with Crippen molar-refractivity contribution in [3.8, 4) is 0 Å². The van der Waals surface area contributed by atoms with Gasteiger partial charge in [-0.05, 0) is 12.3 Å². The molecule has 1 rings (SSSR count). The third-order valence-corrected chi connectivity index (χ3v) is 2.56. The molecule has 0 spiro atoms. The van der Waals surface area contributed by atoms with Crippen LogP contribution in [0.1, 0.15) is 30.8 Å². The minimum absolute atomic E-state index is 0.0104. The number of hydrogen-bond donors (Lipinski definition) is 3. The number of carbonyl (C=O) groups excluding carboxylic acids is 1. The number of amides is 1. The molecule has 0 radical (unpaired) electrons. The highest BCUT2D eigenvalue weighted by Gasteiger charge is 2.21. The van der Waals surface area contributed by atoms with Gasteiger partial charge in [-0.2, -0.15) is 0 Å². The van der Waals surface area contributed by atoms with Crippen LogP contribution in [-0.4, -0.2) is 33.5 Å². The van der Waals surface area contributed by atoms with Crippen molar-refractivity contribution in [2.45, 2.75) is 20.3 Å². The van der Waals surface area contributed by atoms with E-state index < -0.39 is 17.8 Å². The molecule has 0 aliphatic heterocycles. The van der Waals surface area contributed by atoms with Crippen LogP contribution >= 0.6 is 0 Å². The molecule has 1 unspecified atom stereocenters. The average molecular weight is 266 g/mol. The van der Waals surface area contributed by atoms with Crippen LogP contribution in [0.25, 0.3) is 0 Å². The van der Waals surface area contributed by atoms with Crippen molar-refractivity contribution >= 4 is 17.7 Å². The number of nitrogens with one attached hydrogen (secondary N) is 1. The smallest absolute Gasteiger partial charge is 0.308 e. The minimum atomic E-state index is -0.930. The second-order valence-corrected chi connectivity index (χ2v) is 4.66. The zero-order valence-electron chi connectivity index (χ0n) is 11.0. The summed E-state index contributed by atoms with van der Waals surface area (Å²) in [4.78, 5) is 30.4. The van der Waals surface area contributed by atoms with Gasteiger partial charge in [0.05, 0.1) is 5.92 Å². The van der Waals surface area contributed by atoms with Crippen molar-refractivity contribution < 1.29 is 14.7 Å². The van der Waals surface area contributed by atoms with Gasteiger partial charge in [0.15, 0.2) is 11.5 Å². The third-order valence-electron chi connectivity index (χ3n) is 2.56. The molecular weight excluding hydrogens is 248 g/mol. The molecule has 4 N–H and O–H groups in total. The summed E-state index contributed by atoms with van der Waals surface area (Å²) in [6.45, 7) is 3.90. The fourth-order valence-corrected chi connectivity index (χ4v) is 1.66. The Morgan fingerprint density at radius 1 is 1.37 bits per heavy atom. The van der Waals surface area contributed by atoms with E-state index >= 15 is 0 Å². The van der Waals surface area contributed by atoms with Gasteiger partial charge in [0.25, 0.3) is 5.91 Å². The first-order valence-electron chi connectivity index (χ1n) is 5.99. The van der Waals surface area contributed by atoms with Gasteiger partial charge in [-0.1, -0.05) is 13.8 Å². The summed E-state index contributed by atoms with van der Waals surface area (Å²) in [6.07, 6.45) is 3.23. The maximum absolute atomic E-state index is 11.8. The van der Waals surface area contributed by atoms with Gasteiger partial charge in [-0.3, -0.25) is 9.59 Å². The maximum Gasteiger partial charge on any atom is 0.308 e. The van der Waals surface area contributed by atoms with Gasteiger partial charge < -0.3 is 16.2 Å². The predicted molar refractivity (Wildman–Crippen MR) is 69.4 cm³/mol. The number of carbonyl (C=O) groups is 2. The number of carboxylic acid groups (broad SMARTS) is 1. The SMILES string of the molecule is CC(C)CC(CNC(=O)c1nccnc1N)C(=O)O. The summed E-state index contributed by atoms with van der Waals surface area (Å²) in [5.74, 6) is -1.81. The largest absolute Gasteiger partial charge is 0.481 e. The lowest BCUT2D eigenvalue weighted by Gasteiger charge is -2.15. The van der Waals surface area contributed by atoms with E-state index in [1.54, 1.807) is 0 Å². The van der Waals surface area contributed by atoms with Crippen molar-refractivity contribution in [3.05, 3.63) is 18.1 Å². The van der Waals surface area contributed by atoms with Crippen molar-refractivity contribution in [1.82, 2.24) is 15.3 Å². The number of aromatic nitrogens is 2. The molecule has 0 aliphatic rings. The summed E-state index contributed by atoms with van der Waals surface area (Å²) in [5.41, 5.74) is 5.53. The maximum atomic E-state index is 11.8. The molecule has 19 heavy (non-hydrogen) atoms. The van der Waals surface area contributed by atoms with E-state index in [-0.39, 0.29) is 24.0 Å². The number of anilines is 1. The quantitative estimate of drug-likeness (QED) is 0.691. The number of nitrogens with two attached hydrogens (primary N) is 1. The first kappa shape index (κ1) is 14.9. The van der Waals surface area contributed by atoms with Crippen molar-refractivity contribution in [3.63, 3.8) is 0 Å². The van der Waals surface area contributed by atoms with Crippen LogP contribution < -0.4 is 11.1 Å². The normalized spacial score (nSPS) is 12.2. The molecular formula is C12H18N4O3. The molecule has 0 aliphatic carbocycles. The van der Waals surface area contributed by atoms with Crippen LogP contribution in [0, 0.1) is 11.8 Å². The van der Waals surface area contributed by atoms with Gasteiger partial charge >= 0.3 is 5.97 Å². The molecule has 1 heterocycles. The molecule has 0 aromatic carbocycles. The molecule has 1 atom stereocenters. The number of aliphatic carboxylic acids is 1. The van der Waals surface area contributed by atoms with Gasteiger partial charge in [0, 0.05) is 18.9 Å². The van der Waals surface area contributed by atoms with Crippen LogP contribution in [0.5, 0.6) is 0 Å². The zero-order chi connectivity index (χ0) is 14.4. The Hall–Kier alpha value is -2.18. The summed E-state index contributed by atoms with van der Waals surface area (Å²) in [7, 11) is 0. The van der Waals surface area contributed by atoms with E-state index in [9.17, 15) is 9.59 Å². The Bertz CT molecular complexity index is 462. The summed E-state index contributed by atoms with van der Waals surface area (Å²) >= 11 is 0. The average Bonchev–Trinajstić information content (AvgIpc) is 2.34. The van der Waals surface area contributed by atoms with E-state index in [4.69, 9.17) is 10.8 Å². The first-order chi connectivity index (χ1) is 8.91. The van der Waals surface area contributed by atoms with E-state index in [0.717, 1.165) is 0 Å². The van der Waals surface area contributed by atoms with Crippen LogP contribution in [-0.2, 0) is 4.79 Å². The lowest BCUT2D eigenvalue weighted by atomic mass is 9.97. The molecule has 0 saturated carbocycles. The van der Waals surface area contributed by atoms with Gasteiger partial charge in [0.2, 0.25) is 0 Å². The van der Waals surface area contributed by atoms with Crippen LogP contribution in [0.15, 0.2) is 12.4 Å². The summed E-state index contributed by atoms with van der Waals surface area (Å²) in [5, 5.41) is 11.6. The highest BCUT2D eigenvalue weighted by atomic mass is 16.4. The third kappa shape index (κ3) is 4.53.